The number of carbonyl (C=O) groups is 1. The summed E-state index contributed by atoms with van der Waals surface area (Å²) >= 11 is 0. The number of nitriles is 1. The van der Waals surface area contributed by atoms with E-state index in [4.69, 9.17) is 14.2 Å². The fraction of sp³-hybridized carbons (Fsp3) is 0.385. The molecule has 1 aromatic carbocycles. The Balaban J connectivity index is 1.45. The molecule has 4 rings (SSSR count). The molecule has 39 heavy (non-hydrogen) atoms. The van der Waals surface area contributed by atoms with E-state index in [0.717, 1.165) is 6.07 Å². The van der Waals surface area contributed by atoms with Crippen LogP contribution in [0.15, 0.2) is 52.5 Å². The first-order valence-electron chi connectivity index (χ1n) is 11.9. The summed E-state index contributed by atoms with van der Waals surface area (Å²) in [6, 6.07) is 5.14. The van der Waals surface area contributed by atoms with Crippen molar-refractivity contribution in [3.8, 4) is 17.7 Å². The maximum absolute atomic E-state index is 13.7. The van der Waals surface area contributed by atoms with Crippen molar-refractivity contribution in [3.63, 3.8) is 0 Å². The average molecular weight is 548 g/mol. The van der Waals surface area contributed by atoms with E-state index in [1.807, 2.05) is 6.07 Å². The van der Waals surface area contributed by atoms with E-state index in [2.05, 4.69) is 4.98 Å². The molecule has 2 aliphatic rings. The fourth-order valence-corrected chi connectivity index (χ4v) is 3.96. The van der Waals surface area contributed by atoms with Gasteiger partial charge < -0.3 is 14.2 Å². The first kappa shape index (κ1) is 27.7. The number of ether oxygens (including phenoxy) is 3. The standard InChI is InChI=1S/C26H24F4N4O5/c1-25(2,3)39-24(36)34-7-6-33-22(34)12-21(32-23(33)35)37-14-15-4-5-20(16(8-15)13-31)38-19-10-17(26(28,29)30)9-18(27)11-19/h5,8-12,15H,4,6-7,14H2,1-3H3. The number of alkyl halides is 3. The summed E-state index contributed by atoms with van der Waals surface area (Å²) in [5.41, 5.74) is -2.53. The van der Waals surface area contributed by atoms with Crippen molar-refractivity contribution in [2.75, 3.05) is 18.1 Å². The minimum absolute atomic E-state index is 0.00449. The van der Waals surface area contributed by atoms with E-state index in [0.29, 0.717) is 12.1 Å². The Labute approximate surface area is 220 Å². The number of amides is 1. The zero-order chi connectivity index (χ0) is 28.5. The van der Waals surface area contributed by atoms with Crippen LogP contribution in [0.25, 0.3) is 0 Å². The van der Waals surface area contributed by atoms with Gasteiger partial charge in [-0.1, -0.05) is 6.08 Å². The first-order valence-corrected chi connectivity index (χ1v) is 11.9. The second kappa shape index (κ2) is 10.4. The normalized spacial score (nSPS) is 17.1. The summed E-state index contributed by atoms with van der Waals surface area (Å²) in [6.45, 7) is 5.66. The number of anilines is 1. The molecule has 1 amide bonds. The fourth-order valence-electron chi connectivity index (χ4n) is 3.96. The van der Waals surface area contributed by atoms with Crippen molar-refractivity contribution in [2.45, 2.75) is 45.5 Å². The van der Waals surface area contributed by atoms with Gasteiger partial charge in [0.05, 0.1) is 17.7 Å². The van der Waals surface area contributed by atoms with Gasteiger partial charge in [-0.05, 0) is 45.4 Å². The van der Waals surface area contributed by atoms with Crippen molar-refractivity contribution >= 4 is 11.9 Å². The number of rotatable bonds is 5. The molecular formula is C26H24F4N4O5. The van der Waals surface area contributed by atoms with Crippen molar-refractivity contribution < 1.29 is 36.6 Å². The molecule has 1 atom stereocenters. The van der Waals surface area contributed by atoms with Gasteiger partial charge in [-0.15, -0.1) is 0 Å². The second-order valence-electron chi connectivity index (χ2n) is 9.86. The molecular weight excluding hydrogens is 524 g/mol. The number of aromatic nitrogens is 2. The molecule has 13 heteroatoms. The van der Waals surface area contributed by atoms with Crippen LogP contribution in [0, 0.1) is 23.1 Å². The summed E-state index contributed by atoms with van der Waals surface area (Å²) in [4.78, 5) is 30.3. The molecule has 1 aliphatic heterocycles. The molecule has 0 N–H and O–H groups in total. The van der Waals surface area contributed by atoms with E-state index in [-0.39, 0.29) is 55.1 Å². The Morgan fingerprint density at radius 3 is 2.59 bits per heavy atom. The SMILES string of the molecule is CC(C)(C)OC(=O)N1CCn2c1cc(OCC1C=C(C#N)C(Oc3cc(F)cc(C(F)(F)F)c3)=CC1)nc2=O. The predicted octanol–water partition coefficient (Wildman–Crippen LogP) is 4.97. The zero-order valence-electron chi connectivity index (χ0n) is 21.2. The Morgan fingerprint density at radius 2 is 1.92 bits per heavy atom. The Kier molecular flexibility index (Phi) is 7.41. The van der Waals surface area contributed by atoms with Gasteiger partial charge in [0, 0.05) is 31.1 Å². The lowest BCUT2D eigenvalue weighted by atomic mass is 9.96. The molecule has 2 heterocycles. The molecule has 0 fully saturated rings. The monoisotopic (exact) mass is 548 g/mol. The zero-order valence-corrected chi connectivity index (χ0v) is 21.2. The highest BCUT2D eigenvalue weighted by molar-refractivity contribution is 5.87. The number of allylic oxidation sites excluding steroid dienone is 2. The van der Waals surface area contributed by atoms with Gasteiger partial charge in [-0.25, -0.2) is 14.0 Å². The van der Waals surface area contributed by atoms with Gasteiger partial charge in [0.1, 0.15) is 34.8 Å². The van der Waals surface area contributed by atoms with Crippen molar-refractivity contribution in [2.24, 2.45) is 5.92 Å². The lowest BCUT2D eigenvalue weighted by Gasteiger charge is -2.24. The Morgan fingerprint density at radius 1 is 1.18 bits per heavy atom. The van der Waals surface area contributed by atoms with Crippen LogP contribution in [-0.2, 0) is 17.5 Å². The molecule has 0 saturated heterocycles. The molecule has 0 radical (unpaired) electrons. The van der Waals surface area contributed by atoms with E-state index < -0.39 is 40.7 Å². The summed E-state index contributed by atoms with van der Waals surface area (Å²) in [6.07, 6.45) is -2.12. The van der Waals surface area contributed by atoms with Gasteiger partial charge in [0.25, 0.3) is 0 Å². The molecule has 0 bridgehead atoms. The highest BCUT2D eigenvalue weighted by atomic mass is 19.4. The topological polar surface area (TPSA) is 107 Å². The van der Waals surface area contributed by atoms with E-state index in [1.165, 1.54) is 27.7 Å². The largest absolute Gasteiger partial charge is 0.477 e. The highest BCUT2D eigenvalue weighted by Crippen LogP contribution is 2.34. The molecule has 0 saturated carbocycles. The van der Waals surface area contributed by atoms with E-state index in [9.17, 15) is 32.4 Å². The van der Waals surface area contributed by atoms with Crippen LogP contribution in [0.2, 0.25) is 0 Å². The number of halogens is 4. The minimum Gasteiger partial charge on any atom is -0.477 e. The second-order valence-corrected chi connectivity index (χ2v) is 9.86. The summed E-state index contributed by atoms with van der Waals surface area (Å²) in [5.74, 6) is -1.67. The van der Waals surface area contributed by atoms with Crippen LogP contribution in [-0.4, -0.2) is 34.4 Å². The van der Waals surface area contributed by atoms with Crippen LogP contribution >= 0.6 is 0 Å². The molecule has 1 aliphatic carbocycles. The van der Waals surface area contributed by atoms with E-state index in [1.54, 1.807) is 20.8 Å². The van der Waals surface area contributed by atoms with Crippen molar-refractivity contribution in [3.05, 3.63) is 69.6 Å². The lowest BCUT2D eigenvalue weighted by molar-refractivity contribution is -0.137. The van der Waals surface area contributed by atoms with Crippen LogP contribution in [0.1, 0.15) is 32.8 Å². The summed E-state index contributed by atoms with van der Waals surface area (Å²) in [7, 11) is 0. The number of benzene rings is 1. The number of carbonyl (C=O) groups excluding carboxylic acids is 1. The van der Waals surface area contributed by atoms with Crippen LogP contribution in [0.5, 0.6) is 11.6 Å². The van der Waals surface area contributed by atoms with Crippen LogP contribution < -0.4 is 20.1 Å². The number of nitrogens with zero attached hydrogens (tertiary/aromatic N) is 4. The minimum atomic E-state index is -4.77. The third-order valence-corrected chi connectivity index (χ3v) is 5.67. The number of hydrogen-bond acceptors (Lipinski definition) is 7. The van der Waals surface area contributed by atoms with Gasteiger partial charge in [-0.3, -0.25) is 9.47 Å². The van der Waals surface area contributed by atoms with Gasteiger partial charge in [0.15, 0.2) is 0 Å². The Hall–Kier alpha value is -4.34. The van der Waals surface area contributed by atoms with Crippen LogP contribution in [0.4, 0.5) is 28.2 Å². The first-order chi connectivity index (χ1) is 18.2. The molecule has 2 aromatic rings. The maximum Gasteiger partial charge on any atom is 0.416 e. The number of fused-ring (bicyclic) bond motifs is 1. The Bertz CT molecular complexity index is 1450. The van der Waals surface area contributed by atoms with Gasteiger partial charge in [0.2, 0.25) is 5.88 Å². The van der Waals surface area contributed by atoms with Crippen LogP contribution in [0.3, 0.4) is 0 Å². The average Bonchev–Trinajstić information content (AvgIpc) is 3.26. The van der Waals surface area contributed by atoms with Crippen molar-refractivity contribution in [1.82, 2.24) is 9.55 Å². The number of hydrogen-bond donors (Lipinski definition) is 0. The molecule has 0 spiro atoms. The smallest absolute Gasteiger partial charge is 0.416 e. The van der Waals surface area contributed by atoms with Gasteiger partial charge >= 0.3 is 18.0 Å². The molecule has 1 unspecified atom stereocenters. The molecule has 1 aromatic heterocycles. The van der Waals surface area contributed by atoms with Crippen molar-refractivity contribution in [1.29, 1.82) is 5.26 Å². The third kappa shape index (κ3) is 6.57. The molecule has 206 valence electrons. The quantitative estimate of drug-likeness (QED) is 0.486. The third-order valence-electron chi connectivity index (χ3n) is 5.67. The van der Waals surface area contributed by atoms with Gasteiger partial charge in [-0.2, -0.15) is 23.4 Å². The lowest BCUT2D eigenvalue weighted by Crippen LogP contribution is -2.36. The maximum atomic E-state index is 13.7. The highest BCUT2D eigenvalue weighted by Gasteiger charge is 2.33. The summed E-state index contributed by atoms with van der Waals surface area (Å²) in [5, 5.41) is 9.55. The predicted molar refractivity (Wildman–Crippen MR) is 129 cm³/mol. The van der Waals surface area contributed by atoms with E-state index >= 15 is 0 Å². The summed E-state index contributed by atoms with van der Waals surface area (Å²) < 4.78 is 70.5. The molecule has 9 nitrogen and oxygen atoms in total.